The van der Waals surface area contributed by atoms with E-state index in [1.54, 1.807) is 40.4 Å². The van der Waals surface area contributed by atoms with Crippen LogP contribution in [0.2, 0.25) is 0 Å². The predicted octanol–water partition coefficient (Wildman–Crippen LogP) is 1.65. The molecule has 0 amide bonds. The van der Waals surface area contributed by atoms with Gasteiger partial charge in [-0.1, -0.05) is 13.8 Å². The first-order valence-electron chi connectivity index (χ1n) is 9.58. The van der Waals surface area contributed by atoms with Gasteiger partial charge < -0.3 is 4.90 Å². The van der Waals surface area contributed by atoms with Crippen LogP contribution in [0.1, 0.15) is 38.3 Å². The lowest BCUT2D eigenvalue weighted by Crippen LogP contribution is -2.37. The van der Waals surface area contributed by atoms with Crippen LogP contribution in [0.3, 0.4) is 0 Å². The number of piperidine rings is 1. The molecule has 1 aliphatic heterocycles. The standard InChI is InChI=1S/C19H24N8O/c1-14(2)16-7-19(28)26(13-22-16)10-15-3-5-25(6-4-15)17-8-20-9-18(24-17)27-12-21-11-23-27/h7-9,11-15H,3-6,10H2,1-2H3. The molecule has 0 N–H and O–H groups in total. The molecule has 3 aromatic rings. The van der Waals surface area contributed by atoms with Gasteiger partial charge in [0.1, 0.15) is 18.5 Å². The highest BCUT2D eigenvalue weighted by atomic mass is 16.1. The summed E-state index contributed by atoms with van der Waals surface area (Å²) in [6.45, 7) is 6.56. The summed E-state index contributed by atoms with van der Waals surface area (Å²) < 4.78 is 3.33. The Morgan fingerprint density at radius 1 is 1.11 bits per heavy atom. The van der Waals surface area contributed by atoms with Crippen molar-refractivity contribution in [3.63, 3.8) is 0 Å². The summed E-state index contributed by atoms with van der Waals surface area (Å²) in [5.74, 6) is 2.21. The van der Waals surface area contributed by atoms with Crippen LogP contribution < -0.4 is 10.5 Å². The second-order valence-electron chi connectivity index (χ2n) is 7.47. The topological polar surface area (TPSA) is 94.6 Å². The number of nitrogens with zero attached hydrogens (tertiary/aromatic N) is 8. The molecule has 0 saturated carbocycles. The van der Waals surface area contributed by atoms with E-state index in [0.717, 1.165) is 37.4 Å². The molecule has 3 aromatic heterocycles. The second kappa shape index (κ2) is 7.87. The van der Waals surface area contributed by atoms with Crippen LogP contribution in [0, 0.1) is 5.92 Å². The highest BCUT2D eigenvalue weighted by Gasteiger charge is 2.21. The zero-order chi connectivity index (χ0) is 19.5. The van der Waals surface area contributed by atoms with E-state index in [2.05, 4.69) is 29.9 Å². The summed E-state index contributed by atoms with van der Waals surface area (Å²) in [6, 6.07) is 1.66. The highest BCUT2D eigenvalue weighted by Crippen LogP contribution is 2.23. The third-order valence-corrected chi connectivity index (χ3v) is 5.15. The van der Waals surface area contributed by atoms with Crippen molar-refractivity contribution < 1.29 is 0 Å². The number of hydrogen-bond donors (Lipinski definition) is 0. The van der Waals surface area contributed by atoms with E-state index in [-0.39, 0.29) is 11.5 Å². The van der Waals surface area contributed by atoms with E-state index < -0.39 is 0 Å². The van der Waals surface area contributed by atoms with Crippen molar-refractivity contribution >= 4 is 5.82 Å². The van der Waals surface area contributed by atoms with Gasteiger partial charge in [0.25, 0.3) is 5.56 Å². The van der Waals surface area contributed by atoms with Crippen molar-refractivity contribution in [1.29, 1.82) is 0 Å². The smallest absolute Gasteiger partial charge is 0.253 e. The molecule has 0 unspecified atom stereocenters. The van der Waals surface area contributed by atoms with Gasteiger partial charge in [-0.25, -0.2) is 19.6 Å². The molecule has 9 heteroatoms. The van der Waals surface area contributed by atoms with Crippen LogP contribution in [0.4, 0.5) is 5.82 Å². The summed E-state index contributed by atoms with van der Waals surface area (Å²) in [5.41, 5.74) is 0.884. The van der Waals surface area contributed by atoms with Crippen molar-refractivity contribution in [1.82, 2.24) is 34.3 Å². The van der Waals surface area contributed by atoms with Gasteiger partial charge in [-0.05, 0) is 24.7 Å². The molecule has 4 rings (SSSR count). The molecule has 0 bridgehead atoms. The lowest BCUT2D eigenvalue weighted by atomic mass is 9.96. The number of hydrogen-bond acceptors (Lipinski definition) is 7. The average molecular weight is 380 g/mol. The summed E-state index contributed by atoms with van der Waals surface area (Å²) in [5, 5.41) is 4.10. The number of rotatable bonds is 5. The van der Waals surface area contributed by atoms with Crippen molar-refractivity contribution in [2.45, 2.75) is 39.2 Å². The van der Waals surface area contributed by atoms with Crippen LogP contribution in [0.15, 0.2) is 42.2 Å². The Kier molecular flexibility index (Phi) is 5.14. The quantitative estimate of drug-likeness (QED) is 0.664. The van der Waals surface area contributed by atoms with Crippen LogP contribution in [0.25, 0.3) is 5.82 Å². The zero-order valence-corrected chi connectivity index (χ0v) is 16.1. The van der Waals surface area contributed by atoms with Gasteiger partial charge in [-0.3, -0.25) is 14.3 Å². The van der Waals surface area contributed by atoms with E-state index in [1.807, 2.05) is 13.8 Å². The van der Waals surface area contributed by atoms with E-state index in [4.69, 9.17) is 0 Å². The first kappa shape index (κ1) is 18.3. The van der Waals surface area contributed by atoms with Gasteiger partial charge in [0.15, 0.2) is 5.82 Å². The molecule has 1 aliphatic rings. The first-order chi connectivity index (χ1) is 13.6. The second-order valence-corrected chi connectivity index (χ2v) is 7.47. The molecule has 0 radical (unpaired) electrons. The van der Waals surface area contributed by atoms with E-state index in [0.29, 0.717) is 18.3 Å². The lowest BCUT2D eigenvalue weighted by Gasteiger charge is -2.32. The third-order valence-electron chi connectivity index (χ3n) is 5.15. The van der Waals surface area contributed by atoms with E-state index >= 15 is 0 Å². The van der Waals surface area contributed by atoms with Crippen molar-refractivity contribution in [3.8, 4) is 5.82 Å². The summed E-state index contributed by atoms with van der Waals surface area (Å²) in [7, 11) is 0. The average Bonchev–Trinajstić information content (AvgIpc) is 3.25. The molecular formula is C19H24N8O. The molecule has 0 atom stereocenters. The lowest BCUT2D eigenvalue weighted by molar-refractivity contribution is 0.349. The molecule has 0 aromatic carbocycles. The predicted molar refractivity (Wildman–Crippen MR) is 104 cm³/mol. The SMILES string of the molecule is CC(C)c1cc(=O)n(CC2CCN(c3cncc(-n4cncn4)n3)CC2)cn1. The molecule has 28 heavy (non-hydrogen) atoms. The first-order valence-corrected chi connectivity index (χ1v) is 9.58. The molecule has 146 valence electrons. The molecule has 0 spiro atoms. The van der Waals surface area contributed by atoms with Gasteiger partial charge in [-0.2, -0.15) is 5.10 Å². The molecule has 9 nitrogen and oxygen atoms in total. The minimum absolute atomic E-state index is 0.0347. The Bertz CT molecular complexity index is 974. The monoisotopic (exact) mass is 380 g/mol. The Morgan fingerprint density at radius 2 is 1.89 bits per heavy atom. The molecule has 1 fully saturated rings. The highest BCUT2D eigenvalue weighted by molar-refractivity contribution is 5.39. The largest absolute Gasteiger partial charge is 0.355 e. The fraction of sp³-hybridized carbons (Fsp3) is 0.474. The van der Waals surface area contributed by atoms with E-state index in [9.17, 15) is 4.79 Å². The Labute approximate surface area is 163 Å². The van der Waals surface area contributed by atoms with Gasteiger partial charge in [0, 0.05) is 25.7 Å². The Balaban J connectivity index is 1.39. The number of anilines is 1. The Hall–Kier alpha value is -3.10. The zero-order valence-electron chi connectivity index (χ0n) is 16.1. The van der Waals surface area contributed by atoms with Gasteiger partial charge in [-0.15, -0.1) is 0 Å². The summed E-state index contributed by atoms with van der Waals surface area (Å²) in [6.07, 6.45) is 10.2. The van der Waals surface area contributed by atoms with Gasteiger partial charge in [0.2, 0.25) is 0 Å². The molecule has 1 saturated heterocycles. The van der Waals surface area contributed by atoms with Crippen molar-refractivity contribution in [2.24, 2.45) is 5.92 Å². The van der Waals surface area contributed by atoms with Crippen LogP contribution in [-0.4, -0.2) is 47.4 Å². The summed E-state index contributed by atoms with van der Waals surface area (Å²) >= 11 is 0. The van der Waals surface area contributed by atoms with Crippen LogP contribution >= 0.6 is 0 Å². The Morgan fingerprint density at radius 3 is 2.57 bits per heavy atom. The minimum atomic E-state index is 0.0347. The van der Waals surface area contributed by atoms with Gasteiger partial charge >= 0.3 is 0 Å². The van der Waals surface area contributed by atoms with Crippen LogP contribution in [-0.2, 0) is 6.54 Å². The summed E-state index contributed by atoms with van der Waals surface area (Å²) in [4.78, 5) is 31.9. The van der Waals surface area contributed by atoms with Gasteiger partial charge in [0.05, 0.1) is 24.4 Å². The minimum Gasteiger partial charge on any atom is -0.355 e. The third kappa shape index (κ3) is 3.92. The van der Waals surface area contributed by atoms with Crippen LogP contribution in [0.5, 0.6) is 0 Å². The molecular weight excluding hydrogens is 356 g/mol. The van der Waals surface area contributed by atoms with Crippen molar-refractivity contribution in [2.75, 3.05) is 18.0 Å². The van der Waals surface area contributed by atoms with E-state index in [1.165, 1.54) is 6.33 Å². The van der Waals surface area contributed by atoms with Crippen molar-refractivity contribution in [3.05, 3.63) is 53.5 Å². The molecule has 4 heterocycles. The maximum atomic E-state index is 12.3. The maximum Gasteiger partial charge on any atom is 0.253 e. The maximum absolute atomic E-state index is 12.3. The molecule has 0 aliphatic carbocycles. The fourth-order valence-corrected chi connectivity index (χ4v) is 3.45. The number of aromatic nitrogens is 7. The fourth-order valence-electron chi connectivity index (χ4n) is 3.45. The normalized spacial score (nSPS) is 15.3.